The molecular formula is C30H34N2O5. The molecule has 1 saturated heterocycles. The van der Waals surface area contributed by atoms with Crippen molar-refractivity contribution in [2.45, 2.75) is 38.1 Å². The fourth-order valence-corrected chi connectivity index (χ4v) is 4.35. The number of ether oxygens (including phenoxy) is 3. The fourth-order valence-electron chi connectivity index (χ4n) is 4.35. The lowest BCUT2D eigenvalue weighted by atomic mass is 9.99. The van der Waals surface area contributed by atoms with Crippen molar-refractivity contribution in [1.29, 1.82) is 0 Å². The Kier molecular flexibility index (Phi) is 9.46. The summed E-state index contributed by atoms with van der Waals surface area (Å²) in [5.41, 5.74) is 4.63. The number of hydrogen-bond donors (Lipinski definition) is 2. The maximum Gasteiger partial charge on any atom is 0.411 e. The number of nitrogens with zero attached hydrogens (tertiary/aromatic N) is 1. The minimum absolute atomic E-state index is 0.00591. The van der Waals surface area contributed by atoms with E-state index in [0.29, 0.717) is 12.1 Å². The van der Waals surface area contributed by atoms with Crippen LogP contribution >= 0.6 is 0 Å². The monoisotopic (exact) mass is 502 g/mol. The Balaban J connectivity index is 1.47. The predicted octanol–water partition coefficient (Wildman–Crippen LogP) is 5.59. The summed E-state index contributed by atoms with van der Waals surface area (Å²) in [7, 11) is 2.10. The second kappa shape index (κ2) is 13.2. The maximum atomic E-state index is 11.8. The molecule has 3 aromatic carbocycles. The van der Waals surface area contributed by atoms with E-state index in [9.17, 15) is 9.90 Å². The fraction of sp³-hybridized carbons (Fsp3) is 0.300. The molecule has 1 fully saturated rings. The number of anilines is 1. The third kappa shape index (κ3) is 7.74. The minimum Gasteiger partial charge on any atom is -0.445 e. The topological polar surface area (TPSA) is 80.3 Å². The molecule has 0 saturated carbocycles. The van der Waals surface area contributed by atoms with Crippen molar-refractivity contribution in [2.75, 3.05) is 25.5 Å². The molecule has 0 aromatic heterocycles. The Morgan fingerprint density at radius 2 is 1.73 bits per heavy atom. The van der Waals surface area contributed by atoms with E-state index in [2.05, 4.69) is 36.0 Å². The van der Waals surface area contributed by atoms with E-state index >= 15 is 0 Å². The van der Waals surface area contributed by atoms with Gasteiger partial charge in [0, 0.05) is 30.8 Å². The third-order valence-corrected chi connectivity index (χ3v) is 6.19. The van der Waals surface area contributed by atoms with Crippen LogP contribution in [0.1, 0.15) is 41.1 Å². The van der Waals surface area contributed by atoms with Crippen LogP contribution in [-0.4, -0.2) is 42.4 Å². The predicted molar refractivity (Wildman–Crippen MR) is 143 cm³/mol. The smallest absolute Gasteiger partial charge is 0.411 e. The van der Waals surface area contributed by atoms with E-state index in [0.717, 1.165) is 29.8 Å². The number of hydrogen-bond acceptors (Lipinski definition) is 6. The number of aliphatic hydroxyl groups is 1. The van der Waals surface area contributed by atoms with Gasteiger partial charge in [-0.15, -0.1) is 0 Å². The summed E-state index contributed by atoms with van der Waals surface area (Å²) >= 11 is 0. The van der Waals surface area contributed by atoms with Gasteiger partial charge in [-0.05, 0) is 35.9 Å². The number of amides is 1. The Morgan fingerprint density at radius 1 is 1.03 bits per heavy atom. The highest BCUT2D eigenvalue weighted by Crippen LogP contribution is 2.38. The van der Waals surface area contributed by atoms with Crippen LogP contribution in [-0.2, 0) is 27.4 Å². The van der Waals surface area contributed by atoms with Gasteiger partial charge in [-0.2, -0.15) is 0 Å². The number of benzene rings is 3. The molecule has 0 radical (unpaired) electrons. The van der Waals surface area contributed by atoms with Gasteiger partial charge in [-0.25, -0.2) is 4.79 Å². The highest BCUT2D eigenvalue weighted by atomic mass is 16.7. The maximum absolute atomic E-state index is 11.8. The van der Waals surface area contributed by atoms with Crippen LogP contribution in [0.4, 0.5) is 10.5 Å². The summed E-state index contributed by atoms with van der Waals surface area (Å²) in [6.45, 7) is 5.26. The molecule has 4 rings (SSSR count). The van der Waals surface area contributed by atoms with Crippen LogP contribution < -0.4 is 5.32 Å². The van der Waals surface area contributed by atoms with Crippen LogP contribution in [0.2, 0.25) is 0 Å². The van der Waals surface area contributed by atoms with E-state index < -0.39 is 12.4 Å². The second-order valence-corrected chi connectivity index (χ2v) is 9.17. The van der Waals surface area contributed by atoms with Gasteiger partial charge in [0.25, 0.3) is 0 Å². The minimum atomic E-state index is -0.562. The van der Waals surface area contributed by atoms with Crippen LogP contribution in [0.5, 0.6) is 0 Å². The quantitative estimate of drug-likeness (QED) is 0.352. The number of carbonyl (C=O) groups is 1. The van der Waals surface area contributed by atoms with Gasteiger partial charge in [0.15, 0.2) is 6.29 Å². The molecule has 37 heavy (non-hydrogen) atoms. The number of nitrogens with one attached hydrogen (secondary N) is 1. The molecule has 7 nitrogen and oxygen atoms in total. The third-order valence-electron chi connectivity index (χ3n) is 6.19. The zero-order valence-corrected chi connectivity index (χ0v) is 21.1. The molecule has 1 amide bonds. The molecule has 3 unspecified atom stereocenters. The molecule has 0 bridgehead atoms. The summed E-state index contributed by atoms with van der Waals surface area (Å²) in [6, 6.07) is 25.6. The highest BCUT2D eigenvalue weighted by molar-refractivity contribution is 5.84. The lowest BCUT2D eigenvalue weighted by Crippen LogP contribution is -2.37. The molecule has 1 heterocycles. The van der Waals surface area contributed by atoms with Gasteiger partial charge in [0.05, 0.1) is 18.8 Å². The first-order chi connectivity index (χ1) is 18.0. The normalized spacial score (nSPS) is 19.4. The Morgan fingerprint density at radius 3 is 2.41 bits per heavy atom. The Bertz CT molecular complexity index is 1130. The number of aliphatic hydroxyl groups excluding tert-OH is 1. The summed E-state index contributed by atoms with van der Waals surface area (Å²) in [6.07, 6.45) is 0.916. The Hall–Kier alpha value is -3.49. The van der Waals surface area contributed by atoms with E-state index in [1.807, 2.05) is 54.6 Å². The average Bonchev–Trinajstić information content (AvgIpc) is 2.92. The number of carbonyl (C=O) groups excluding carboxylic acids is 1. The van der Waals surface area contributed by atoms with Crippen molar-refractivity contribution >= 4 is 11.8 Å². The van der Waals surface area contributed by atoms with Gasteiger partial charge < -0.3 is 19.3 Å². The number of likely N-dealkylation sites (N-methyl/N-ethyl adjacent to an activating group) is 1. The van der Waals surface area contributed by atoms with Crippen LogP contribution in [0.15, 0.2) is 91.5 Å². The lowest BCUT2D eigenvalue weighted by molar-refractivity contribution is -0.252. The van der Waals surface area contributed by atoms with Gasteiger partial charge >= 0.3 is 6.09 Å². The zero-order valence-electron chi connectivity index (χ0n) is 21.1. The van der Waals surface area contributed by atoms with Crippen molar-refractivity contribution in [3.63, 3.8) is 0 Å². The van der Waals surface area contributed by atoms with Gasteiger partial charge in [0.2, 0.25) is 0 Å². The van der Waals surface area contributed by atoms with Crippen molar-refractivity contribution in [3.8, 4) is 0 Å². The second-order valence-electron chi connectivity index (χ2n) is 9.17. The first-order valence-electron chi connectivity index (χ1n) is 12.4. The van der Waals surface area contributed by atoms with Crippen molar-refractivity contribution in [3.05, 3.63) is 114 Å². The molecule has 0 aliphatic carbocycles. The lowest BCUT2D eigenvalue weighted by Gasteiger charge is -2.38. The summed E-state index contributed by atoms with van der Waals surface area (Å²) in [5, 5.41) is 12.1. The molecule has 1 aliphatic heterocycles. The molecule has 0 spiro atoms. The van der Waals surface area contributed by atoms with Crippen molar-refractivity contribution < 1.29 is 24.1 Å². The first-order valence-corrected chi connectivity index (χ1v) is 12.4. The van der Waals surface area contributed by atoms with Crippen LogP contribution in [0, 0.1) is 0 Å². The van der Waals surface area contributed by atoms with Gasteiger partial charge in [-0.3, -0.25) is 10.2 Å². The van der Waals surface area contributed by atoms with E-state index in [1.165, 1.54) is 11.6 Å². The largest absolute Gasteiger partial charge is 0.445 e. The van der Waals surface area contributed by atoms with Crippen LogP contribution in [0.25, 0.3) is 0 Å². The summed E-state index contributed by atoms with van der Waals surface area (Å²) < 4.78 is 17.8. The van der Waals surface area contributed by atoms with Crippen molar-refractivity contribution in [1.82, 2.24) is 4.90 Å². The SMILES string of the molecule is C=CCOC(=O)Nc1ccc(C2OC(CN(C)Cc3ccccc3)CC(c3ccc(CO)cc3)O2)cc1. The highest BCUT2D eigenvalue weighted by Gasteiger charge is 2.32. The average molecular weight is 503 g/mol. The Labute approximate surface area is 218 Å². The first kappa shape index (κ1) is 26.6. The zero-order chi connectivity index (χ0) is 26.0. The van der Waals surface area contributed by atoms with Gasteiger partial charge in [-0.1, -0.05) is 79.4 Å². The van der Waals surface area contributed by atoms with E-state index in [-0.39, 0.29) is 25.4 Å². The molecule has 194 valence electrons. The standard InChI is InChI=1S/C30H34N2O5/c1-3-17-35-30(34)31-26-15-13-25(14-16-26)29-36-27(20-32(2)19-22-7-5-4-6-8-22)18-28(37-29)24-11-9-23(21-33)10-12-24/h3-16,27-29,33H,1,17-21H2,2H3,(H,31,34). The van der Waals surface area contributed by atoms with E-state index in [4.69, 9.17) is 14.2 Å². The van der Waals surface area contributed by atoms with Crippen molar-refractivity contribution in [2.24, 2.45) is 0 Å². The van der Waals surface area contributed by atoms with Crippen LogP contribution in [0.3, 0.4) is 0 Å². The molecule has 1 aliphatic rings. The summed E-state index contributed by atoms with van der Waals surface area (Å²) in [5.74, 6) is 0. The molecule has 3 aromatic rings. The molecule has 3 atom stereocenters. The summed E-state index contributed by atoms with van der Waals surface area (Å²) in [4.78, 5) is 14.1. The molecule has 2 N–H and O–H groups in total. The van der Waals surface area contributed by atoms with Gasteiger partial charge in [0.1, 0.15) is 6.61 Å². The number of rotatable bonds is 10. The molecule has 7 heteroatoms. The van der Waals surface area contributed by atoms with E-state index in [1.54, 1.807) is 12.1 Å². The molecular weight excluding hydrogens is 468 g/mol.